The fourth-order valence-electron chi connectivity index (χ4n) is 4.26. The molecule has 2 aliphatic heterocycles. The van der Waals surface area contributed by atoms with E-state index in [2.05, 4.69) is 50.1 Å². The summed E-state index contributed by atoms with van der Waals surface area (Å²) >= 11 is 0. The van der Waals surface area contributed by atoms with E-state index < -0.39 is 0 Å². The van der Waals surface area contributed by atoms with E-state index in [0.29, 0.717) is 24.7 Å². The Bertz CT molecular complexity index is 918. The van der Waals surface area contributed by atoms with Crippen LogP contribution in [0.3, 0.4) is 0 Å². The van der Waals surface area contributed by atoms with E-state index in [1.807, 2.05) is 30.3 Å². The lowest BCUT2D eigenvalue weighted by atomic mass is 10.1. The molecule has 8 heteroatoms. The number of hydrogen-bond donors (Lipinski definition) is 3. The summed E-state index contributed by atoms with van der Waals surface area (Å²) in [6, 6.07) is 18.6. The number of ether oxygens (including phenoxy) is 1. The Morgan fingerprint density at radius 1 is 1.12 bits per heavy atom. The minimum absolute atomic E-state index is 0. The van der Waals surface area contributed by atoms with Gasteiger partial charge in [0, 0.05) is 57.1 Å². The number of hydrogen-bond acceptors (Lipinski definition) is 4. The minimum Gasteiger partial charge on any atom is -0.376 e. The monoisotopic (exact) mass is 563 g/mol. The fourth-order valence-corrected chi connectivity index (χ4v) is 4.26. The lowest BCUT2D eigenvalue weighted by molar-refractivity contribution is 0.0857. The third kappa shape index (κ3) is 7.33. The van der Waals surface area contributed by atoms with Crippen LogP contribution in [0.2, 0.25) is 0 Å². The molecule has 2 saturated heterocycles. The molecule has 0 bridgehead atoms. The van der Waals surface area contributed by atoms with E-state index >= 15 is 0 Å². The van der Waals surface area contributed by atoms with Crippen molar-refractivity contribution in [3.63, 3.8) is 0 Å². The van der Waals surface area contributed by atoms with Gasteiger partial charge in [0.05, 0.1) is 6.10 Å². The van der Waals surface area contributed by atoms with Crippen molar-refractivity contribution in [2.45, 2.75) is 38.0 Å². The molecule has 0 radical (unpaired) electrons. The molecule has 2 fully saturated rings. The second-order valence-electron chi connectivity index (χ2n) is 8.38. The molecule has 2 aliphatic rings. The molecule has 2 unspecified atom stereocenters. The molecular weight excluding hydrogens is 529 g/mol. The van der Waals surface area contributed by atoms with E-state index in [1.165, 1.54) is 5.69 Å². The van der Waals surface area contributed by atoms with Gasteiger partial charge in [-0.15, -0.1) is 24.0 Å². The molecule has 0 saturated carbocycles. The normalized spacial score (nSPS) is 20.3. The van der Waals surface area contributed by atoms with Gasteiger partial charge in [-0.3, -0.25) is 9.79 Å². The topological polar surface area (TPSA) is 78.0 Å². The van der Waals surface area contributed by atoms with Crippen molar-refractivity contribution in [2.75, 3.05) is 38.2 Å². The van der Waals surface area contributed by atoms with Crippen LogP contribution >= 0.6 is 24.0 Å². The summed E-state index contributed by atoms with van der Waals surface area (Å²) in [4.78, 5) is 19.3. The van der Waals surface area contributed by atoms with Gasteiger partial charge >= 0.3 is 0 Å². The Morgan fingerprint density at radius 2 is 1.97 bits per heavy atom. The third-order valence-corrected chi connectivity index (χ3v) is 6.04. The number of halogens is 1. The molecule has 3 N–H and O–H groups in total. The molecule has 178 valence electrons. The molecule has 2 aromatic rings. The number of nitrogens with one attached hydrogen (secondary N) is 3. The summed E-state index contributed by atoms with van der Waals surface area (Å²) in [6.07, 6.45) is 3.30. The maximum absolute atomic E-state index is 12.5. The van der Waals surface area contributed by atoms with E-state index in [1.54, 1.807) is 7.05 Å². The number of carbonyl (C=O) groups is 1. The van der Waals surface area contributed by atoms with Crippen LogP contribution in [0.15, 0.2) is 59.6 Å². The first kappa shape index (κ1) is 25.3. The number of benzene rings is 2. The largest absolute Gasteiger partial charge is 0.376 e. The molecule has 7 nitrogen and oxygen atoms in total. The first-order valence-corrected chi connectivity index (χ1v) is 11.5. The highest BCUT2D eigenvalue weighted by atomic mass is 127. The molecule has 2 aromatic carbocycles. The summed E-state index contributed by atoms with van der Waals surface area (Å²) in [5, 5.41) is 9.89. The van der Waals surface area contributed by atoms with Gasteiger partial charge in [0.25, 0.3) is 5.91 Å². The van der Waals surface area contributed by atoms with Crippen LogP contribution < -0.4 is 20.9 Å². The Morgan fingerprint density at radius 3 is 2.73 bits per heavy atom. The second kappa shape index (κ2) is 12.8. The predicted molar refractivity (Wildman–Crippen MR) is 144 cm³/mol. The van der Waals surface area contributed by atoms with Crippen LogP contribution in [0, 0.1) is 0 Å². The van der Waals surface area contributed by atoms with Crippen LogP contribution in [0.1, 0.15) is 35.2 Å². The minimum atomic E-state index is -0.0585. The zero-order valence-corrected chi connectivity index (χ0v) is 21.5. The summed E-state index contributed by atoms with van der Waals surface area (Å²) in [5.41, 5.74) is 2.96. The number of amides is 1. The van der Waals surface area contributed by atoms with Gasteiger partial charge in [0.2, 0.25) is 0 Å². The van der Waals surface area contributed by atoms with Crippen LogP contribution in [0.25, 0.3) is 0 Å². The first-order valence-electron chi connectivity index (χ1n) is 11.5. The molecule has 0 aromatic heterocycles. The van der Waals surface area contributed by atoms with E-state index in [9.17, 15) is 4.79 Å². The molecule has 4 rings (SSSR count). The van der Waals surface area contributed by atoms with Crippen molar-refractivity contribution in [3.05, 3.63) is 65.7 Å². The van der Waals surface area contributed by atoms with E-state index in [0.717, 1.165) is 50.5 Å². The Hall–Kier alpha value is -2.33. The Balaban J connectivity index is 0.00000306. The van der Waals surface area contributed by atoms with Gasteiger partial charge in [0.1, 0.15) is 0 Å². The van der Waals surface area contributed by atoms with Gasteiger partial charge in [-0.1, -0.05) is 30.3 Å². The Kier molecular flexibility index (Phi) is 9.80. The number of rotatable bonds is 7. The average molecular weight is 563 g/mol. The van der Waals surface area contributed by atoms with Crippen LogP contribution in [0.4, 0.5) is 5.69 Å². The first-order chi connectivity index (χ1) is 15.7. The molecular formula is C25H34IN5O2. The van der Waals surface area contributed by atoms with Crippen molar-refractivity contribution >= 4 is 41.5 Å². The number of guanidine groups is 1. The average Bonchev–Trinajstić information content (AvgIpc) is 3.53. The highest BCUT2D eigenvalue weighted by Gasteiger charge is 2.23. The van der Waals surface area contributed by atoms with Gasteiger partial charge in [-0.2, -0.15) is 0 Å². The summed E-state index contributed by atoms with van der Waals surface area (Å²) in [6.45, 7) is 3.94. The van der Waals surface area contributed by atoms with Crippen LogP contribution in [-0.2, 0) is 11.3 Å². The number of aliphatic imine (C=N–C) groups is 1. The quantitative estimate of drug-likeness (QED) is 0.274. The predicted octanol–water partition coefficient (Wildman–Crippen LogP) is 3.16. The Labute approximate surface area is 213 Å². The molecule has 0 aliphatic carbocycles. The second-order valence-corrected chi connectivity index (χ2v) is 8.38. The zero-order valence-electron chi connectivity index (χ0n) is 19.1. The molecule has 2 atom stereocenters. The van der Waals surface area contributed by atoms with Gasteiger partial charge in [-0.05, 0) is 49.1 Å². The van der Waals surface area contributed by atoms with Crippen molar-refractivity contribution in [2.24, 2.45) is 4.99 Å². The molecule has 2 heterocycles. The lowest BCUT2D eigenvalue weighted by Crippen LogP contribution is -2.44. The van der Waals surface area contributed by atoms with Crippen LogP contribution in [-0.4, -0.2) is 57.3 Å². The van der Waals surface area contributed by atoms with Gasteiger partial charge in [0.15, 0.2) is 5.96 Å². The van der Waals surface area contributed by atoms with Crippen molar-refractivity contribution < 1.29 is 9.53 Å². The summed E-state index contributed by atoms with van der Waals surface area (Å²) in [7, 11) is 1.79. The molecule has 33 heavy (non-hydrogen) atoms. The van der Waals surface area contributed by atoms with Crippen LogP contribution in [0.5, 0.6) is 0 Å². The molecule has 1 amide bonds. The summed E-state index contributed by atoms with van der Waals surface area (Å²) in [5.74, 6) is 0.718. The third-order valence-electron chi connectivity index (χ3n) is 6.04. The maximum atomic E-state index is 12.5. The highest BCUT2D eigenvalue weighted by molar-refractivity contribution is 14.0. The summed E-state index contributed by atoms with van der Waals surface area (Å²) < 4.78 is 5.58. The van der Waals surface area contributed by atoms with Gasteiger partial charge < -0.3 is 25.6 Å². The fraction of sp³-hybridized carbons (Fsp3) is 0.440. The maximum Gasteiger partial charge on any atom is 0.251 e. The zero-order chi connectivity index (χ0) is 22.2. The van der Waals surface area contributed by atoms with Crippen molar-refractivity contribution in [3.8, 4) is 0 Å². The lowest BCUT2D eigenvalue weighted by Gasteiger charge is -2.20. The van der Waals surface area contributed by atoms with Crippen molar-refractivity contribution in [1.29, 1.82) is 0 Å². The smallest absolute Gasteiger partial charge is 0.251 e. The van der Waals surface area contributed by atoms with E-state index in [4.69, 9.17) is 4.74 Å². The highest BCUT2D eigenvalue weighted by Crippen LogP contribution is 2.19. The number of carbonyl (C=O) groups excluding carboxylic acids is 1. The van der Waals surface area contributed by atoms with E-state index in [-0.39, 0.29) is 36.0 Å². The SMILES string of the molecule is CN=C(NCc1cccc(C(=O)NCC2CCCO2)c1)NC1CCN(c2ccccc2)C1.I. The standard InChI is InChI=1S/C25H33N5O2.HI/c1-26-25(29-21-12-13-30(18-21)22-9-3-2-4-10-22)28-16-19-7-5-8-20(15-19)24(31)27-17-23-11-6-14-32-23;/h2-5,7-10,15,21,23H,6,11-14,16-18H2,1H3,(H,27,31)(H2,26,28,29);1H. The van der Waals surface area contributed by atoms with Crippen molar-refractivity contribution in [1.82, 2.24) is 16.0 Å². The van der Waals surface area contributed by atoms with Gasteiger partial charge in [-0.25, -0.2) is 0 Å². The number of anilines is 1. The molecule has 0 spiro atoms. The number of para-hydroxylation sites is 1. The number of nitrogens with zero attached hydrogens (tertiary/aromatic N) is 2.